The molecule has 0 unspecified atom stereocenters. The normalized spacial score (nSPS) is 15.2. The van der Waals surface area contributed by atoms with E-state index in [9.17, 15) is 0 Å². The van der Waals surface area contributed by atoms with E-state index in [1.54, 1.807) is 0 Å². The number of anilines is 1. The highest BCUT2D eigenvalue weighted by Crippen LogP contribution is 2.24. The van der Waals surface area contributed by atoms with Crippen molar-refractivity contribution in [3.8, 4) is 5.69 Å². The second kappa shape index (κ2) is 3.42. The Morgan fingerprint density at radius 3 is 2.73 bits per heavy atom. The molecule has 0 bridgehead atoms. The molecule has 0 amide bonds. The largest absolute Gasteiger partial charge is 0.380 e. The minimum atomic E-state index is 0.679. The molecule has 2 aromatic rings. The number of nitrogens with one attached hydrogen (secondary N) is 1. The summed E-state index contributed by atoms with van der Waals surface area (Å²) >= 11 is 0. The number of rotatable bonds is 3. The molecule has 0 aliphatic heterocycles. The first kappa shape index (κ1) is 8.53. The lowest BCUT2D eigenvalue weighted by Gasteiger charge is -2.00. The smallest absolute Gasteiger partial charge is 0.0733 e. The molecule has 1 aliphatic carbocycles. The lowest BCUT2D eigenvalue weighted by molar-refractivity contribution is 0.880. The number of benzene rings is 1. The molecule has 1 fully saturated rings. The van der Waals surface area contributed by atoms with Gasteiger partial charge in [0.25, 0.3) is 0 Å². The highest BCUT2D eigenvalue weighted by Gasteiger charge is 2.21. The van der Waals surface area contributed by atoms with Gasteiger partial charge in [-0.3, -0.25) is 0 Å². The van der Waals surface area contributed by atoms with Crippen LogP contribution in [0.1, 0.15) is 12.8 Å². The number of hydrogen-bond acceptors (Lipinski definition) is 2. The van der Waals surface area contributed by atoms with Crippen LogP contribution < -0.4 is 5.32 Å². The van der Waals surface area contributed by atoms with Gasteiger partial charge >= 0.3 is 0 Å². The van der Waals surface area contributed by atoms with Gasteiger partial charge in [0, 0.05) is 6.04 Å². The van der Waals surface area contributed by atoms with Crippen LogP contribution in [-0.4, -0.2) is 15.8 Å². The van der Waals surface area contributed by atoms with Crippen molar-refractivity contribution in [1.29, 1.82) is 0 Å². The Balaban J connectivity index is 1.83. The average molecular weight is 199 g/mol. The lowest BCUT2D eigenvalue weighted by atomic mass is 10.3. The minimum absolute atomic E-state index is 0.679. The molecule has 3 nitrogen and oxygen atoms in total. The Labute approximate surface area is 88.7 Å². The summed E-state index contributed by atoms with van der Waals surface area (Å²) in [6.07, 6.45) is 6.49. The Morgan fingerprint density at radius 2 is 2.00 bits per heavy atom. The fourth-order valence-electron chi connectivity index (χ4n) is 1.58. The third-order valence-corrected chi connectivity index (χ3v) is 2.55. The molecule has 1 N–H and O–H groups in total. The Morgan fingerprint density at radius 1 is 1.20 bits per heavy atom. The van der Waals surface area contributed by atoms with Crippen molar-refractivity contribution >= 4 is 5.69 Å². The summed E-state index contributed by atoms with van der Waals surface area (Å²) in [5.74, 6) is 0. The molecule has 15 heavy (non-hydrogen) atoms. The zero-order valence-electron chi connectivity index (χ0n) is 8.43. The van der Waals surface area contributed by atoms with Crippen molar-refractivity contribution in [2.24, 2.45) is 0 Å². The van der Waals surface area contributed by atoms with Gasteiger partial charge in [-0.1, -0.05) is 18.2 Å². The van der Waals surface area contributed by atoms with Gasteiger partial charge in [-0.05, 0) is 25.0 Å². The van der Waals surface area contributed by atoms with Crippen molar-refractivity contribution in [1.82, 2.24) is 9.78 Å². The van der Waals surface area contributed by atoms with Crippen LogP contribution in [0.5, 0.6) is 0 Å². The van der Waals surface area contributed by atoms with E-state index in [0.717, 1.165) is 11.4 Å². The zero-order chi connectivity index (χ0) is 10.1. The molecular formula is C12H13N3. The molecule has 1 aromatic heterocycles. The first-order valence-corrected chi connectivity index (χ1v) is 5.28. The molecule has 1 aromatic carbocycles. The number of aromatic nitrogens is 2. The van der Waals surface area contributed by atoms with Crippen molar-refractivity contribution in [2.45, 2.75) is 18.9 Å². The fraction of sp³-hybridized carbons (Fsp3) is 0.250. The van der Waals surface area contributed by atoms with Crippen molar-refractivity contribution in [2.75, 3.05) is 5.32 Å². The van der Waals surface area contributed by atoms with Gasteiger partial charge in [-0.15, -0.1) is 0 Å². The van der Waals surface area contributed by atoms with E-state index in [1.807, 2.05) is 47.4 Å². The van der Waals surface area contributed by atoms with Crippen LogP contribution in [0.2, 0.25) is 0 Å². The van der Waals surface area contributed by atoms with Crippen LogP contribution in [0.4, 0.5) is 5.69 Å². The summed E-state index contributed by atoms with van der Waals surface area (Å²) in [6.45, 7) is 0. The first-order valence-electron chi connectivity index (χ1n) is 5.28. The molecule has 0 spiro atoms. The molecule has 76 valence electrons. The van der Waals surface area contributed by atoms with E-state index in [2.05, 4.69) is 10.4 Å². The standard InChI is InChI=1S/C12H13N3/c1-2-4-12(5-3-1)15-9-11(8-13-15)14-10-6-7-10/h1-5,8-10,14H,6-7H2. The maximum Gasteiger partial charge on any atom is 0.0733 e. The van der Waals surface area contributed by atoms with Gasteiger partial charge < -0.3 is 5.32 Å². The lowest BCUT2D eigenvalue weighted by Crippen LogP contribution is -1.99. The highest BCUT2D eigenvalue weighted by atomic mass is 15.3. The van der Waals surface area contributed by atoms with Gasteiger partial charge in [0.05, 0.1) is 23.8 Å². The van der Waals surface area contributed by atoms with E-state index in [-0.39, 0.29) is 0 Å². The van der Waals surface area contributed by atoms with Gasteiger partial charge in [0.1, 0.15) is 0 Å². The van der Waals surface area contributed by atoms with Crippen LogP contribution in [0.3, 0.4) is 0 Å². The number of nitrogens with zero attached hydrogens (tertiary/aromatic N) is 2. The SMILES string of the molecule is c1ccc(-n2cc(NC3CC3)cn2)cc1. The Kier molecular flexibility index (Phi) is 1.95. The molecule has 3 rings (SSSR count). The highest BCUT2D eigenvalue weighted by molar-refractivity contribution is 5.44. The van der Waals surface area contributed by atoms with E-state index < -0.39 is 0 Å². The van der Waals surface area contributed by atoms with Crippen LogP contribution in [0, 0.1) is 0 Å². The molecule has 3 heteroatoms. The maximum absolute atomic E-state index is 4.32. The summed E-state index contributed by atoms with van der Waals surface area (Å²) in [7, 11) is 0. The van der Waals surface area contributed by atoms with Gasteiger partial charge in [-0.2, -0.15) is 5.10 Å². The second-order valence-electron chi connectivity index (χ2n) is 3.93. The Bertz CT molecular complexity index is 443. The topological polar surface area (TPSA) is 29.9 Å². The van der Waals surface area contributed by atoms with Crippen molar-refractivity contribution < 1.29 is 0 Å². The molecule has 0 atom stereocenters. The predicted octanol–water partition coefficient (Wildman–Crippen LogP) is 2.45. The quantitative estimate of drug-likeness (QED) is 0.822. The van der Waals surface area contributed by atoms with E-state index >= 15 is 0 Å². The van der Waals surface area contributed by atoms with Gasteiger partial charge in [0.15, 0.2) is 0 Å². The van der Waals surface area contributed by atoms with Crippen LogP contribution in [0.15, 0.2) is 42.7 Å². The minimum Gasteiger partial charge on any atom is -0.380 e. The summed E-state index contributed by atoms with van der Waals surface area (Å²) in [6, 6.07) is 10.8. The molecule has 1 saturated carbocycles. The number of para-hydroxylation sites is 1. The van der Waals surface area contributed by atoms with Crippen molar-refractivity contribution in [3.05, 3.63) is 42.7 Å². The Hall–Kier alpha value is -1.77. The maximum atomic E-state index is 4.32. The van der Waals surface area contributed by atoms with Crippen molar-refractivity contribution in [3.63, 3.8) is 0 Å². The first-order chi connectivity index (χ1) is 7.42. The van der Waals surface area contributed by atoms with Crippen LogP contribution >= 0.6 is 0 Å². The molecule has 0 saturated heterocycles. The van der Waals surface area contributed by atoms with Crippen LogP contribution in [0.25, 0.3) is 5.69 Å². The third-order valence-electron chi connectivity index (χ3n) is 2.55. The monoisotopic (exact) mass is 199 g/mol. The van der Waals surface area contributed by atoms with E-state index in [4.69, 9.17) is 0 Å². The number of hydrogen-bond donors (Lipinski definition) is 1. The molecular weight excluding hydrogens is 186 g/mol. The van der Waals surface area contributed by atoms with E-state index in [0.29, 0.717) is 6.04 Å². The third kappa shape index (κ3) is 1.86. The average Bonchev–Trinajstić information content (AvgIpc) is 2.96. The van der Waals surface area contributed by atoms with E-state index in [1.165, 1.54) is 12.8 Å². The molecule has 1 aliphatic rings. The summed E-state index contributed by atoms with van der Waals surface area (Å²) in [4.78, 5) is 0. The molecule has 1 heterocycles. The predicted molar refractivity (Wildman–Crippen MR) is 60.2 cm³/mol. The zero-order valence-corrected chi connectivity index (χ0v) is 8.43. The molecule has 0 radical (unpaired) electrons. The van der Waals surface area contributed by atoms with Gasteiger partial charge in [0.2, 0.25) is 0 Å². The second-order valence-corrected chi connectivity index (χ2v) is 3.93. The van der Waals surface area contributed by atoms with Crippen LogP contribution in [-0.2, 0) is 0 Å². The summed E-state index contributed by atoms with van der Waals surface area (Å²) in [5, 5.41) is 7.74. The fourth-order valence-corrected chi connectivity index (χ4v) is 1.58. The summed E-state index contributed by atoms with van der Waals surface area (Å²) < 4.78 is 1.89. The summed E-state index contributed by atoms with van der Waals surface area (Å²) in [5.41, 5.74) is 2.21. The van der Waals surface area contributed by atoms with Gasteiger partial charge in [-0.25, -0.2) is 4.68 Å².